The molecule has 0 aliphatic heterocycles. The van der Waals surface area contributed by atoms with E-state index >= 15 is 0 Å². The molecule has 1 rings (SSSR count). The molecule has 0 saturated heterocycles. The smallest absolute Gasteiger partial charge is 0.0843 e. The van der Waals surface area contributed by atoms with Gasteiger partial charge in [0.2, 0.25) is 0 Å². The summed E-state index contributed by atoms with van der Waals surface area (Å²) in [6.07, 6.45) is 2.85. The normalized spacial score (nSPS) is 14.4. The van der Waals surface area contributed by atoms with Crippen LogP contribution in [-0.2, 0) is 13.5 Å². The molecular formula is C11H23N5. The lowest BCUT2D eigenvalue weighted by atomic mass is 9.90. The average molecular weight is 225 g/mol. The van der Waals surface area contributed by atoms with Gasteiger partial charge in [0.05, 0.1) is 5.69 Å². The van der Waals surface area contributed by atoms with Gasteiger partial charge in [-0.05, 0) is 35.0 Å². The summed E-state index contributed by atoms with van der Waals surface area (Å²) >= 11 is 0. The van der Waals surface area contributed by atoms with Crippen LogP contribution in [0.5, 0.6) is 0 Å². The highest BCUT2D eigenvalue weighted by molar-refractivity contribution is 5.02. The lowest BCUT2D eigenvalue weighted by Gasteiger charge is -2.39. The largest absolute Gasteiger partial charge is 0.315 e. The number of nitrogens with zero attached hydrogens (tertiary/aromatic N) is 4. The van der Waals surface area contributed by atoms with Gasteiger partial charge in [0.1, 0.15) is 0 Å². The van der Waals surface area contributed by atoms with Crippen LogP contribution in [0, 0.1) is 0 Å². The molecule has 0 aliphatic carbocycles. The van der Waals surface area contributed by atoms with E-state index in [2.05, 4.69) is 48.5 Å². The minimum Gasteiger partial charge on any atom is -0.315 e. The highest BCUT2D eigenvalue weighted by atomic mass is 15.4. The maximum absolute atomic E-state index is 4.13. The van der Waals surface area contributed by atoms with Crippen LogP contribution in [0.1, 0.15) is 19.5 Å². The highest BCUT2D eigenvalue weighted by Crippen LogP contribution is 2.18. The second kappa shape index (κ2) is 4.93. The first-order valence-corrected chi connectivity index (χ1v) is 5.57. The second-order valence-electron chi connectivity index (χ2n) is 4.98. The fourth-order valence-electron chi connectivity index (χ4n) is 1.71. The second-order valence-corrected chi connectivity index (χ2v) is 4.98. The first kappa shape index (κ1) is 13.1. The maximum Gasteiger partial charge on any atom is 0.0843 e. The summed E-state index contributed by atoms with van der Waals surface area (Å²) in [7, 11) is 8.08. The Morgan fingerprint density at radius 3 is 2.50 bits per heavy atom. The SMILES string of the molecule is CNC(Cc1cn(C)nn1)C(C)(C)N(C)C. The molecule has 0 saturated carbocycles. The van der Waals surface area contributed by atoms with Crippen molar-refractivity contribution in [1.82, 2.24) is 25.2 Å². The van der Waals surface area contributed by atoms with Crippen molar-refractivity contribution >= 4 is 0 Å². The van der Waals surface area contributed by atoms with Crippen molar-refractivity contribution in [2.75, 3.05) is 21.1 Å². The quantitative estimate of drug-likeness (QED) is 0.782. The molecule has 0 aromatic carbocycles. The van der Waals surface area contributed by atoms with E-state index in [1.165, 1.54) is 0 Å². The fraction of sp³-hybridized carbons (Fsp3) is 0.818. The number of nitrogens with one attached hydrogen (secondary N) is 1. The van der Waals surface area contributed by atoms with Crippen molar-refractivity contribution in [1.29, 1.82) is 0 Å². The van der Waals surface area contributed by atoms with Crippen molar-refractivity contribution in [3.8, 4) is 0 Å². The molecular weight excluding hydrogens is 202 g/mol. The molecule has 1 heterocycles. The lowest BCUT2D eigenvalue weighted by molar-refractivity contribution is 0.141. The molecule has 1 aromatic rings. The summed E-state index contributed by atoms with van der Waals surface area (Å²) in [6, 6.07) is 0.346. The zero-order valence-corrected chi connectivity index (χ0v) is 11.2. The molecule has 1 N–H and O–H groups in total. The van der Waals surface area contributed by atoms with Crippen molar-refractivity contribution in [3.63, 3.8) is 0 Å². The fourth-order valence-corrected chi connectivity index (χ4v) is 1.71. The van der Waals surface area contributed by atoms with E-state index in [-0.39, 0.29) is 5.54 Å². The molecule has 1 atom stereocenters. The van der Waals surface area contributed by atoms with Crippen LogP contribution in [0.3, 0.4) is 0 Å². The van der Waals surface area contributed by atoms with E-state index in [9.17, 15) is 0 Å². The van der Waals surface area contributed by atoms with E-state index in [0.29, 0.717) is 6.04 Å². The van der Waals surface area contributed by atoms with Gasteiger partial charge >= 0.3 is 0 Å². The van der Waals surface area contributed by atoms with Crippen LogP contribution in [0.4, 0.5) is 0 Å². The predicted octanol–water partition coefficient (Wildman–Crippen LogP) is 0.286. The molecule has 16 heavy (non-hydrogen) atoms. The Kier molecular flexibility index (Phi) is 4.04. The third-order valence-electron chi connectivity index (χ3n) is 3.42. The third kappa shape index (κ3) is 2.80. The number of likely N-dealkylation sites (N-methyl/N-ethyl adjacent to an activating group) is 2. The van der Waals surface area contributed by atoms with Gasteiger partial charge in [-0.3, -0.25) is 4.68 Å². The Labute approximate surface area is 97.8 Å². The Morgan fingerprint density at radius 1 is 1.50 bits per heavy atom. The minimum absolute atomic E-state index is 0.0757. The van der Waals surface area contributed by atoms with Crippen LogP contribution in [0.25, 0.3) is 0 Å². The summed E-state index contributed by atoms with van der Waals surface area (Å²) in [4.78, 5) is 2.23. The number of rotatable bonds is 5. The molecule has 5 nitrogen and oxygen atoms in total. The van der Waals surface area contributed by atoms with Crippen molar-refractivity contribution in [2.45, 2.75) is 31.8 Å². The number of hydrogen-bond donors (Lipinski definition) is 1. The van der Waals surface area contributed by atoms with Gasteiger partial charge in [0, 0.05) is 31.2 Å². The zero-order valence-electron chi connectivity index (χ0n) is 11.2. The van der Waals surface area contributed by atoms with Gasteiger partial charge in [-0.15, -0.1) is 5.10 Å². The molecule has 0 aliphatic rings. The summed E-state index contributed by atoms with van der Waals surface area (Å²) in [5.74, 6) is 0. The van der Waals surface area contributed by atoms with Gasteiger partial charge in [-0.25, -0.2) is 0 Å². The van der Waals surface area contributed by atoms with Crippen LogP contribution < -0.4 is 5.32 Å². The topological polar surface area (TPSA) is 46.0 Å². The van der Waals surface area contributed by atoms with Gasteiger partial charge in [0.25, 0.3) is 0 Å². The Morgan fingerprint density at radius 2 is 2.12 bits per heavy atom. The molecule has 0 radical (unpaired) electrons. The summed E-state index contributed by atoms with van der Waals surface area (Å²) in [6.45, 7) is 4.45. The summed E-state index contributed by atoms with van der Waals surface area (Å²) < 4.78 is 1.74. The molecule has 1 aromatic heterocycles. The van der Waals surface area contributed by atoms with Crippen molar-refractivity contribution in [2.24, 2.45) is 7.05 Å². The minimum atomic E-state index is 0.0757. The first-order valence-electron chi connectivity index (χ1n) is 5.57. The molecule has 1 unspecified atom stereocenters. The Hall–Kier alpha value is -0.940. The van der Waals surface area contributed by atoms with E-state index in [1.807, 2.05) is 20.3 Å². The number of aromatic nitrogens is 3. The average Bonchev–Trinajstić information content (AvgIpc) is 2.60. The van der Waals surface area contributed by atoms with Gasteiger partial charge in [0.15, 0.2) is 0 Å². The summed E-state index contributed by atoms with van der Waals surface area (Å²) in [5, 5.41) is 11.4. The van der Waals surface area contributed by atoms with Crippen LogP contribution >= 0.6 is 0 Å². The first-order chi connectivity index (χ1) is 7.37. The molecule has 92 valence electrons. The molecule has 5 heteroatoms. The van der Waals surface area contributed by atoms with Gasteiger partial charge < -0.3 is 10.2 Å². The molecule has 0 bridgehead atoms. The maximum atomic E-state index is 4.13. The molecule has 0 amide bonds. The van der Waals surface area contributed by atoms with Gasteiger partial charge in [-0.1, -0.05) is 5.21 Å². The van der Waals surface area contributed by atoms with Crippen molar-refractivity contribution in [3.05, 3.63) is 11.9 Å². The number of aryl methyl sites for hydroxylation is 1. The third-order valence-corrected chi connectivity index (χ3v) is 3.42. The Bertz CT molecular complexity index is 329. The van der Waals surface area contributed by atoms with Crippen LogP contribution in [0.2, 0.25) is 0 Å². The van der Waals surface area contributed by atoms with Crippen LogP contribution in [-0.4, -0.2) is 52.6 Å². The highest BCUT2D eigenvalue weighted by Gasteiger charge is 2.31. The summed E-state index contributed by atoms with van der Waals surface area (Å²) in [5.41, 5.74) is 1.10. The van der Waals surface area contributed by atoms with E-state index in [1.54, 1.807) is 4.68 Å². The Balaban J connectivity index is 2.76. The van der Waals surface area contributed by atoms with E-state index in [4.69, 9.17) is 0 Å². The van der Waals surface area contributed by atoms with E-state index < -0.39 is 0 Å². The van der Waals surface area contributed by atoms with Crippen molar-refractivity contribution < 1.29 is 0 Å². The number of hydrogen-bond acceptors (Lipinski definition) is 4. The monoisotopic (exact) mass is 225 g/mol. The van der Waals surface area contributed by atoms with Crippen LogP contribution in [0.15, 0.2) is 6.20 Å². The molecule has 0 spiro atoms. The lowest BCUT2D eigenvalue weighted by Crippen LogP contribution is -2.55. The molecule has 0 fully saturated rings. The van der Waals surface area contributed by atoms with Gasteiger partial charge in [-0.2, -0.15) is 0 Å². The zero-order chi connectivity index (χ0) is 12.3. The van der Waals surface area contributed by atoms with E-state index in [0.717, 1.165) is 12.1 Å². The predicted molar refractivity (Wildman–Crippen MR) is 65.3 cm³/mol. The standard InChI is InChI=1S/C11H23N5/c1-11(2,15(4)5)10(12-3)7-9-8-16(6)14-13-9/h8,10,12H,7H2,1-6H3.